The lowest BCUT2D eigenvalue weighted by Crippen LogP contribution is -2.39. The zero-order chi connectivity index (χ0) is 16.1. The lowest BCUT2D eigenvalue weighted by molar-refractivity contribution is -0.120. The molecule has 1 aromatic heterocycles. The minimum absolute atomic E-state index is 0.0270. The summed E-state index contributed by atoms with van der Waals surface area (Å²) in [7, 11) is 1.96. The number of amides is 1. The highest BCUT2D eigenvalue weighted by Crippen LogP contribution is 2.14. The predicted molar refractivity (Wildman–Crippen MR) is 88.6 cm³/mol. The number of benzene rings is 1. The summed E-state index contributed by atoms with van der Waals surface area (Å²) in [5.41, 5.74) is 1.19. The lowest BCUT2D eigenvalue weighted by atomic mass is 10.2. The molecular weight excluding hydrogens is 276 g/mol. The second-order valence-electron chi connectivity index (χ2n) is 5.82. The molecule has 1 atom stereocenters. The maximum Gasteiger partial charge on any atom is 0.242 e. The third-order valence-corrected chi connectivity index (χ3v) is 3.73. The highest BCUT2D eigenvalue weighted by Gasteiger charge is 2.19. The number of nitrogens with one attached hydrogen (secondary N) is 1. The predicted octanol–water partition coefficient (Wildman–Crippen LogP) is 2.92. The van der Waals surface area contributed by atoms with Gasteiger partial charge in [-0.3, -0.25) is 9.69 Å². The zero-order valence-corrected chi connectivity index (χ0v) is 13.7. The van der Waals surface area contributed by atoms with E-state index in [9.17, 15) is 4.79 Å². The van der Waals surface area contributed by atoms with Gasteiger partial charge in [-0.15, -0.1) is 0 Å². The normalized spacial score (nSPS) is 12.6. The monoisotopic (exact) mass is 300 g/mol. The highest BCUT2D eigenvalue weighted by atomic mass is 16.2. The standard InChI is InChI=1S/C17H24N4O/c1-13(2)21-16(10-11-18-21)19-17(22)14(3)20(4)12-15-8-6-5-7-9-15/h5-11,13-14H,12H2,1-4H3,(H,19,22)/t14-/m1/s1. The number of hydrogen-bond donors (Lipinski definition) is 1. The smallest absolute Gasteiger partial charge is 0.242 e. The first-order chi connectivity index (χ1) is 10.5. The molecule has 0 saturated carbocycles. The van der Waals surface area contributed by atoms with Gasteiger partial charge in [0.2, 0.25) is 5.91 Å². The molecule has 5 nitrogen and oxygen atoms in total. The average Bonchev–Trinajstić information content (AvgIpc) is 2.95. The fourth-order valence-corrected chi connectivity index (χ4v) is 2.26. The largest absolute Gasteiger partial charge is 0.310 e. The van der Waals surface area contributed by atoms with Crippen molar-refractivity contribution in [3.63, 3.8) is 0 Å². The van der Waals surface area contributed by atoms with Gasteiger partial charge in [0.25, 0.3) is 0 Å². The first kappa shape index (κ1) is 16.2. The van der Waals surface area contributed by atoms with Crippen molar-refractivity contribution in [1.29, 1.82) is 0 Å². The minimum atomic E-state index is -0.226. The topological polar surface area (TPSA) is 50.2 Å². The van der Waals surface area contributed by atoms with Gasteiger partial charge >= 0.3 is 0 Å². The Kier molecular flexibility index (Phi) is 5.33. The molecule has 1 aromatic carbocycles. The Balaban J connectivity index is 1.98. The minimum Gasteiger partial charge on any atom is -0.310 e. The van der Waals surface area contributed by atoms with Crippen LogP contribution >= 0.6 is 0 Å². The van der Waals surface area contributed by atoms with Crippen LogP contribution in [0.2, 0.25) is 0 Å². The zero-order valence-electron chi connectivity index (χ0n) is 13.7. The fourth-order valence-electron chi connectivity index (χ4n) is 2.26. The number of anilines is 1. The number of likely N-dealkylation sites (N-methyl/N-ethyl adjacent to an activating group) is 1. The van der Waals surface area contributed by atoms with Gasteiger partial charge in [-0.2, -0.15) is 5.10 Å². The first-order valence-electron chi connectivity index (χ1n) is 7.57. The molecule has 0 bridgehead atoms. The van der Waals surface area contributed by atoms with Gasteiger partial charge < -0.3 is 5.32 Å². The van der Waals surface area contributed by atoms with Crippen LogP contribution in [-0.2, 0) is 11.3 Å². The summed E-state index contributed by atoms with van der Waals surface area (Å²) < 4.78 is 1.81. The Morgan fingerprint density at radius 3 is 2.55 bits per heavy atom. The number of carbonyl (C=O) groups is 1. The van der Waals surface area contributed by atoms with Gasteiger partial charge in [-0.05, 0) is 33.4 Å². The van der Waals surface area contributed by atoms with Gasteiger partial charge in [0.05, 0.1) is 12.2 Å². The van der Waals surface area contributed by atoms with E-state index in [1.807, 2.05) is 61.7 Å². The van der Waals surface area contributed by atoms with Crippen molar-refractivity contribution in [3.8, 4) is 0 Å². The van der Waals surface area contributed by atoms with E-state index in [1.165, 1.54) is 5.56 Å². The van der Waals surface area contributed by atoms with Crippen molar-refractivity contribution in [1.82, 2.24) is 14.7 Å². The van der Waals surface area contributed by atoms with Crippen LogP contribution in [0.5, 0.6) is 0 Å². The van der Waals surface area contributed by atoms with Gasteiger partial charge in [0.1, 0.15) is 5.82 Å². The molecule has 1 heterocycles. The summed E-state index contributed by atoms with van der Waals surface area (Å²) in [6, 6.07) is 11.9. The van der Waals surface area contributed by atoms with E-state index in [0.717, 1.165) is 12.4 Å². The van der Waals surface area contributed by atoms with E-state index in [0.29, 0.717) is 0 Å². The Hall–Kier alpha value is -2.14. The molecule has 0 saturated heterocycles. The molecule has 0 unspecified atom stereocenters. The van der Waals surface area contributed by atoms with E-state index in [-0.39, 0.29) is 18.0 Å². The molecule has 1 N–H and O–H groups in total. The van der Waals surface area contributed by atoms with E-state index >= 15 is 0 Å². The fraction of sp³-hybridized carbons (Fsp3) is 0.412. The third-order valence-electron chi connectivity index (χ3n) is 3.73. The molecule has 22 heavy (non-hydrogen) atoms. The molecule has 2 aromatic rings. The third kappa shape index (κ3) is 3.95. The van der Waals surface area contributed by atoms with Crippen molar-refractivity contribution in [2.45, 2.75) is 39.4 Å². The summed E-state index contributed by atoms with van der Waals surface area (Å²) in [4.78, 5) is 14.5. The molecule has 0 spiro atoms. The van der Waals surface area contributed by atoms with Gasteiger partial charge in [0, 0.05) is 18.7 Å². The summed E-state index contributed by atoms with van der Waals surface area (Å²) in [5.74, 6) is 0.709. The molecule has 2 rings (SSSR count). The Morgan fingerprint density at radius 1 is 1.23 bits per heavy atom. The lowest BCUT2D eigenvalue weighted by Gasteiger charge is -2.24. The summed E-state index contributed by atoms with van der Waals surface area (Å²) in [6.07, 6.45) is 1.70. The molecule has 0 aliphatic rings. The van der Waals surface area contributed by atoms with Crippen LogP contribution in [-0.4, -0.2) is 33.7 Å². The van der Waals surface area contributed by atoms with E-state index in [2.05, 4.69) is 22.5 Å². The highest BCUT2D eigenvalue weighted by molar-refractivity contribution is 5.93. The van der Waals surface area contributed by atoms with Crippen LogP contribution < -0.4 is 5.32 Å². The van der Waals surface area contributed by atoms with Crippen molar-refractivity contribution >= 4 is 11.7 Å². The Morgan fingerprint density at radius 2 is 1.91 bits per heavy atom. The quantitative estimate of drug-likeness (QED) is 0.892. The molecule has 0 aliphatic heterocycles. The van der Waals surface area contributed by atoms with Crippen LogP contribution in [0.3, 0.4) is 0 Å². The number of nitrogens with zero attached hydrogens (tertiary/aromatic N) is 3. The van der Waals surface area contributed by atoms with Crippen molar-refractivity contribution in [2.24, 2.45) is 0 Å². The van der Waals surface area contributed by atoms with E-state index in [4.69, 9.17) is 0 Å². The molecule has 1 amide bonds. The first-order valence-corrected chi connectivity index (χ1v) is 7.57. The number of carbonyl (C=O) groups excluding carboxylic acids is 1. The summed E-state index contributed by atoms with van der Waals surface area (Å²) in [6.45, 7) is 6.72. The molecular formula is C17H24N4O. The Labute approximate surface area is 131 Å². The van der Waals surface area contributed by atoms with Gasteiger partial charge in [-0.1, -0.05) is 30.3 Å². The van der Waals surface area contributed by atoms with Crippen LogP contribution in [0.1, 0.15) is 32.4 Å². The number of hydrogen-bond acceptors (Lipinski definition) is 3. The summed E-state index contributed by atoms with van der Waals surface area (Å²) in [5, 5.41) is 7.19. The second kappa shape index (κ2) is 7.22. The van der Waals surface area contributed by atoms with Crippen molar-refractivity contribution in [3.05, 3.63) is 48.2 Å². The SMILES string of the molecule is CC(C)n1nccc1NC(=O)[C@@H](C)N(C)Cc1ccccc1. The molecule has 0 radical (unpaired) electrons. The molecule has 0 aliphatic carbocycles. The van der Waals surface area contributed by atoms with Crippen molar-refractivity contribution < 1.29 is 4.79 Å². The molecule has 118 valence electrons. The maximum atomic E-state index is 12.4. The van der Waals surface area contributed by atoms with Gasteiger partial charge in [-0.25, -0.2) is 4.68 Å². The second-order valence-corrected chi connectivity index (χ2v) is 5.82. The van der Waals surface area contributed by atoms with Crippen LogP contribution in [0, 0.1) is 0 Å². The van der Waals surface area contributed by atoms with Gasteiger partial charge in [0.15, 0.2) is 0 Å². The Bertz CT molecular complexity index is 606. The molecule has 0 fully saturated rings. The van der Waals surface area contributed by atoms with Crippen LogP contribution in [0.4, 0.5) is 5.82 Å². The number of rotatable bonds is 6. The average molecular weight is 300 g/mol. The summed E-state index contributed by atoms with van der Waals surface area (Å²) >= 11 is 0. The van der Waals surface area contributed by atoms with Crippen LogP contribution in [0.25, 0.3) is 0 Å². The van der Waals surface area contributed by atoms with Crippen molar-refractivity contribution in [2.75, 3.05) is 12.4 Å². The van der Waals surface area contributed by atoms with Crippen LogP contribution in [0.15, 0.2) is 42.6 Å². The van der Waals surface area contributed by atoms with E-state index in [1.54, 1.807) is 6.20 Å². The number of aromatic nitrogens is 2. The van der Waals surface area contributed by atoms with E-state index < -0.39 is 0 Å². The molecule has 5 heteroatoms. The maximum absolute atomic E-state index is 12.4.